The molecule has 4 rings (SSSR count). The molecule has 1 aromatic heterocycles. The van der Waals surface area contributed by atoms with Crippen LogP contribution in [0.4, 0.5) is 0 Å². The lowest BCUT2D eigenvalue weighted by Crippen LogP contribution is -2.36. The first-order valence-corrected chi connectivity index (χ1v) is 15.1. The van der Waals surface area contributed by atoms with Crippen molar-refractivity contribution in [3.8, 4) is 5.75 Å². The number of rotatable bonds is 12. The summed E-state index contributed by atoms with van der Waals surface area (Å²) < 4.78 is 37.4. The van der Waals surface area contributed by atoms with Crippen molar-refractivity contribution in [3.05, 3.63) is 104 Å². The van der Waals surface area contributed by atoms with Crippen molar-refractivity contribution in [2.45, 2.75) is 44.4 Å². The largest absolute Gasteiger partial charge is 0.460 e. The number of esters is 1. The van der Waals surface area contributed by atoms with Crippen molar-refractivity contribution in [3.63, 3.8) is 0 Å². The Hall–Kier alpha value is -3.32. The minimum absolute atomic E-state index is 0.00304. The van der Waals surface area contributed by atoms with E-state index in [9.17, 15) is 24.1 Å². The van der Waals surface area contributed by atoms with Gasteiger partial charge in [-0.1, -0.05) is 64.5 Å². The van der Waals surface area contributed by atoms with Crippen molar-refractivity contribution >= 4 is 35.7 Å². The van der Waals surface area contributed by atoms with Crippen LogP contribution < -0.4 is 20.9 Å². The minimum Gasteiger partial charge on any atom is -0.460 e. The maximum absolute atomic E-state index is 13.8. The number of aliphatic hydroxyl groups is 1. The maximum Gasteiger partial charge on any atom is 0.459 e. The molecule has 4 unspecified atom stereocenters. The molecule has 41 heavy (non-hydrogen) atoms. The van der Waals surface area contributed by atoms with Crippen LogP contribution in [-0.4, -0.2) is 45.5 Å². The van der Waals surface area contributed by atoms with E-state index in [1.807, 2.05) is 18.2 Å². The Morgan fingerprint density at radius 3 is 2.59 bits per heavy atom. The summed E-state index contributed by atoms with van der Waals surface area (Å²) in [4.78, 5) is 40.7. The fraction of sp³-hybridized carbons (Fsp3) is 0.296. The molecule has 0 bridgehead atoms. The summed E-state index contributed by atoms with van der Waals surface area (Å²) in [6, 6.07) is 16.2. The summed E-state index contributed by atoms with van der Waals surface area (Å²) in [7, 11) is -4.22. The van der Waals surface area contributed by atoms with Gasteiger partial charge in [0.25, 0.3) is 5.56 Å². The second-order valence-corrected chi connectivity index (χ2v) is 11.3. The number of aliphatic hydroxyl groups excluding tert-OH is 1. The number of nitrogens with one attached hydrogen (secondary N) is 2. The van der Waals surface area contributed by atoms with Crippen LogP contribution in [0.25, 0.3) is 6.08 Å². The lowest BCUT2D eigenvalue weighted by Gasteiger charge is -2.24. The average molecular weight is 650 g/mol. The number of hydrogen-bond acceptors (Lipinski definition) is 9. The molecule has 0 radical (unpaired) electrons. The molecule has 1 fully saturated rings. The van der Waals surface area contributed by atoms with E-state index in [2.05, 4.69) is 26.0 Å². The quantitative estimate of drug-likeness (QED) is 0.196. The van der Waals surface area contributed by atoms with Gasteiger partial charge in [0.05, 0.1) is 18.3 Å². The Bertz CT molecular complexity index is 1510. The predicted octanol–water partition coefficient (Wildman–Crippen LogP) is 3.48. The van der Waals surface area contributed by atoms with E-state index in [0.29, 0.717) is 0 Å². The Kier molecular flexibility index (Phi) is 10.5. The summed E-state index contributed by atoms with van der Waals surface area (Å²) in [5.74, 6) is -0.469. The van der Waals surface area contributed by atoms with Crippen LogP contribution in [-0.2, 0) is 30.0 Å². The number of aromatic nitrogens is 2. The van der Waals surface area contributed by atoms with E-state index in [4.69, 9.17) is 18.5 Å². The van der Waals surface area contributed by atoms with Crippen LogP contribution >= 0.6 is 23.7 Å². The van der Waals surface area contributed by atoms with E-state index < -0.39 is 56.0 Å². The maximum atomic E-state index is 13.8. The number of carbonyl (C=O) groups excluding carboxylic acids is 1. The third-order valence-electron chi connectivity index (χ3n) is 6.06. The van der Waals surface area contributed by atoms with Gasteiger partial charge in [0.1, 0.15) is 30.7 Å². The molecule has 2 heterocycles. The highest BCUT2D eigenvalue weighted by Crippen LogP contribution is 2.46. The fourth-order valence-corrected chi connectivity index (χ4v) is 5.75. The second kappa shape index (κ2) is 14.0. The number of hydrogen-bond donors (Lipinski definition) is 3. The predicted molar refractivity (Wildman–Crippen MR) is 153 cm³/mol. The van der Waals surface area contributed by atoms with Gasteiger partial charge in [-0.25, -0.2) is 9.36 Å². The molecule has 12 nitrogen and oxygen atoms in total. The molecule has 0 saturated carbocycles. The first kappa shape index (κ1) is 30.6. The van der Waals surface area contributed by atoms with Crippen LogP contribution in [0.3, 0.4) is 0 Å². The Morgan fingerprint density at radius 1 is 1.22 bits per heavy atom. The number of nitrogens with zero attached hydrogens (tertiary/aromatic N) is 1. The van der Waals surface area contributed by atoms with Gasteiger partial charge in [-0.05, 0) is 35.7 Å². The third-order valence-corrected chi connectivity index (χ3v) is 7.97. The Balaban J connectivity index is 1.44. The van der Waals surface area contributed by atoms with E-state index in [-0.39, 0.29) is 24.3 Å². The standard InChI is InChI=1S/C27H29BrN3O9P/c1-18(26(34)37-16-19-8-4-2-5-9-19)30-41(36,40-21-10-6-3-7-11-21)38-17-23-22(32)14-24(39-23)31-15-20(12-13-28)25(33)29-27(31)35/h2-13,15,18,22-24,32H,14,16-17H2,1H3,(H,30,36)(H,29,33,35)/b13-12+/t18-,22?,23?,24?,41?/m0/s1. The first-order valence-electron chi connectivity index (χ1n) is 12.6. The normalized spacial score (nSPS) is 20.9. The molecular formula is C27H29BrN3O9P. The number of carbonyl (C=O) groups is 1. The SMILES string of the molecule is C[C@H](NP(=O)(OCC1OC(n2cc(/C=C/Br)c(=O)[nH]c2=O)CC1O)Oc1ccccc1)C(=O)OCc1ccccc1. The summed E-state index contributed by atoms with van der Waals surface area (Å²) in [5, 5.41) is 13.2. The van der Waals surface area contributed by atoms with Crippen molar-refractivity contribution in [1.82, 2.24) is 14.6 Å². The molecule has 1 aliphatic heterocycles. The van der Waals surface area contributed by atoms with Gasteiger partial charge < -0.3 is 19.1 Å². The summed E-state index contributed by atoms with van der Waals surface area (Å²) >= 11 is 3.09. The number of aromatic amines is 1. The average Bonchev–Trinajstić information content (AvgIpc) is 3.33. The summed E-state index contributed by atoms with van der Waals surface area (Å²) in [6.07, 6.45) is -0.282. The zero-order chi connectivity index (χ0) is 29.4. The van der Waals surface area contributed by atoms with Gasteiger partial charge in [-0.15, -0.1) is 0 Å². The summed E-state index contributed by atoms with van der Waals surface area (Å²) in [6.45, 7) is 1.07. The Labute approximate surface area is 243 Å². The highest BCUT2D eigenvalue weighted by atomic mass is 79.9. The number of H-pyrrole nitrogens is 1. The van der Waals surface area contributed by atoms with Crippen molar-refractivity contribution < 1.29 is 33.0 Å². The highest BCUT2D eigenvalue weighted by molar-refractivity contribution is 9.11. The van der Waals surface area contributed by atoms with Crippen LogP contribution in [0, 0.1) is 0 Å². The number of halogens is 1. The van der Waals surface area contributed by atoms with Gasteiger partial charge in [-0.3, -0.25) is 23.7 Å². The molecule has 0 amide bonds. The zero-order valence-corrected chi connectivity index (χ0v) is 24.4. The van der Waals surface area contributed by atoms with Gasteiger partial charge >= 0.3 is 19.4 Å². The molecule has 218 valence electrons. The van der Waals surface area contributed by atoms with Gasteiger partial charge in [-0.2, -0.15) is 5.09 Å². The monoisotopic (exact) mass is 649 g/mol. The van der Waals surface area contributed by atoms with Crippen LogP contribution in [0.2, 0.25) is 0 Å². The molecule has 3 N–H and O–H groups in total. The van der Waals surface area contributed by atoms with Gasteiger partial charge in [0.2, 0.25) is 0 Å². The van der Waals surface area contributed by atoms with Crippen LogP contribution in [0.1, 0.15) is 30.7 Å². The molecule has 14 heteroatoms. The van der Waals surface area contributed by atoms with E-state index in [0.717, 1.165) is 10.1 Å². The van der Waals surface area contributed by atoms with Gasteiger partial charge in [0, 0.05) is 12.6 Å². The van der Waals surface area contributed by atoms with Crippen molar-refractivity contribution in [2.24, 2.45) is 0 Å². The zero-order valence-electron chi connectivity index (χ0n) is 21.9. The highest BCUT2D eigenvalue weighted by Gasteiger charge is 2.39. The molecule has 0 spiro atoms. The lowest BCUT2D eigenvalue weighted by atomic mass is 10.2. The smallest absolute Gasteiger partial charge is 0.459 e. The van der Waals surface area contributed by atoms with E-state index in [1.165, 1.54) is 24.2 Å². The first-order chi connectivity index (χ1) is 19.7. The van der Waals surface area contributed by atoms with Crippen LogP contribution in [0.15, 0.2) is 81.4 Å². The van der Waals surface area contributed by atoms with Crippen LogP contribution in [0.5, 0.6) is 5.75 Å². The second-order valence-electron chi connectivity index (χ2n) is 9.12. The Morgan fingerprint density at radius 2 is 1.90 bits per heavy atom. The molecule has 1 aliphatic rings. The molecule has 3 aromatic rings. The topological polar surface area (TPSA) is 158 Å². The number of para-hydroxylation sites is 1. The third kappa shape index (κ3) is 8.35. The molecular weight excluding hydrogens is 621 g/mol. The van der Waals surface area contributed by atoms with E-state index in [1.54, 1.807) is 42.5 Å². The molecule has 5 atom stereocenters. The number of ether oxygens (including phenoxy) is 2. The number of benzene rings is 2. The molecule has 0 aliphatic carbocycles. The van der Waals surface area contributed by atoms with Crippen molar-refractivity contribution in [1.29, 1.82) is 0 Å². The molecule has 1 saturated heterocycles. The van der Waals surface area contributed by atoms with Crippen molar-refractivity contribution in [2.75, 3.05) is 6.61 Å². The van der Waals surface area contributed by atoms with E-state index >= 15 is 0 Å². The fourth-order valence-electron chi connectivity index (χ4n) is 3.96. The molecule has 2 aromatic carbocycles. The van der Waals surface area contributed by atoms with Gasteiger partial charge in [0.15, 0.2) is 0 Å². The summed E-state index contributed by atoms with van der Waals surface area (Å²) in [5.41, 5.74) is -0.325. The minimum atomic E-state index is -4.22. The lowest BCUT2D eigenvalue weighted by molar-refractivity contribution is -0.146.